The van der Waals surface area contributed by atoms with Crippen molar-refractivity contribution in [1.29, 1.82) is 0 Å². The third-order valence-electron chi connectivity index (χ3n) is 3.15. The van der Waals surface area contributed by atoms with E-state index in [1.54, 1.807) is 6.07 Å². The lowest BCUT2D eigenvalue weighted by atomic mass is 9.99. The van der Waals surface area contributed by atoms with Crippen LogP contribution >= 0.6 is 15.9 Å². The topological polar surface area (TPSA) is 35.2 Å². The van der Waals surface area contributed by atoms with Crippen LogP contribution in [0.4, 0.5) is 8.78 Å². The average Bonchev–Trinajstić information content (AvgIpc) is 2.44. The van der Waals surface area contributed by atoms with Gasteiger partial charge in [0.15, 0.2) is 11.6 Å². The Morgan fingerprint density at radius 2 is 2.00 bits per heavy atom. The molecule has 0 bridgehead atoms. The second-order valence-electron chi connectivity index (χ2n) is 4.64. The van der Waals surface area contributed by atoms with E-state index in [1.807, 2.05) is 25.1 Å². The molecule has 0 spiro atoms. The van der Waals surface area contributed by atoms with Crippen LogP contribution in [0, 0.1) is 11.6 Å². The molecule has 2 rings (SSSR count). The summed E-state index contributed by atoms with van der Waals surface area (Å²) in [5.74, 6) is -0.960. The lowest BCUT2D eigenvalue weighted by Crippen LogP contribution is -2.15. The Balaban J connectivity index is 2.20. The summed E-state index contributed by atoms with van der Waals surface area (Å²) in [6.45, 7) is 2.48. The van der Waals surface area contributed by atoms with Gasteiger partial charge < -0.3 is 10.5 Å². The van der Waals surface area contributed by atoms with E-state index in [0.29, 0.717) is 6.61 Å². The quantitative estimate of drug-likeness (QED) is 0.864. The number of hydrogen-bond donors (Lipinski definition) is 1. The predicted molar refractivity (Wildman–Crippen MR) is 82.3 cm³/mol. The first kappa shape index (κ1) is 15.9. The molecule has 1 atom stereocenters. The molecule has 0 radical (unpaired) electrons. The van der Waals surface area contributed by atoms with Gasteiger partial charge >= 0.3 is 0 Å². The highest BCUT2D eigenvalue weighted by atomic mass is 79.9. The van der Waals surface area contributed by atoms with Gasteiger partial charge in [-0.1, -0.05) is 34.1 Å². The molecule has 2 aromatic carbocycles. The van der Waals surface area contributed by atoms with Crippen molar-refractivity contribution in [2.45, 2.75) is 19.4 Å². The number of benzene rings is 2. The second-order valence-corrected chi connectivity index (χ2v) is 5.49. The maximum absolute atomic E-state index is 13.7. The summed E-state index contributed by atoms with van der Waals surface area (Å²) in [5.41, 5.74) is 7.20. The molecule has 0 aliphatic rings. The maximum atomic E-state index is 13.7. The van der Waals surface area contributed by atoms with E-state index < -0.39 is 17.7 Å². The summed E-state index contributed by atoms with van der Waals surface area (Å²) in [5, 5.41) is 0. The molecule has 0 fully saturated rings. The summed E-state index contributed by atoms with van der Waals surface area (Å²) in [6.07, 6.45) is 0.218. The van der Waals surface area contributed by atoms with Gasteiger partial charge in [-0.05, 0) is 42.7 Å². The van der Waals surface area contributed by atoms with Gasteiger partial charge in [-0.3, -0.25) is 0 Å². The number of hydrogen-bond acceptors (Lipinski definition) is 2. The first-order valence-corrected chi connectivity index (χ1v) is 7.43. The molecule has 2 aromatic rings. The number of halogens is 3. The van der Waals surface area contributed by atoms with Crippen molar-refractivity contribution in [2.75, 3.05) is 6.61 Å². The van der Waals surface area contributed by atoms with Gasteiger partial charge in [-0.15, -0.1) is 0 Å². The van der Waals surface area contributed by atoms with E-state index in [2.05, 4.69) is 15.9 Å². The van der Waals surface area contributed by atoms with Crippen molar-refractivity contribution in [3.05, 3.63) is 63.6 Å². The molecule has 0 aromatic heterocycles. The fourth-order valence-electron chi connectivity index (χ4n) is 2.12. The summed E-state index contributed by atoms with van der Waals surface area (Å²) in [6, 6.07) is 9.14. The fraction of sp³-hybridized carbons (Fsp3) is 0.250. The fourth-order valence-corrected chi connectivity index (χ4v) is 2.77. The summed E-state index contributed by atoms with van der Waals surface area (Å²) in [7, 11) is 0. The SMILES string of the molecule is CCOc1ccc(C(N)Cc2cccc(F)c2F)c(Br)c1. The van der Waals surface area contributed by atoms with Crippen LogP contribution in [0.3, 0.4) is 0 Å². The van der Waals surface area contributed by atoms with Crippen molar-refractivity contribution in [1.82, 2.24) is 0 Å². The molecule has 2 N–H and O–H groups in total. The number of rotatable bonds is 5. The minimum Gasteiger partial charge on any atom is -0.494 e. The molecule has 0 heterocycles. The standard InChI is InChI=1S/C16H16BrF2NO/c1-2-21-11-6-7-12(13(17)9-11)15(20)8-10-4-3-5-14(18)16(10)19/h3-7,9,15H,2,8,20H2,1H3. The molecule has 0 aliphatic carbocycles. The summed E-state index contributed by atoms with van der Waals surface area (Å²) >= 11 is 3.44. The van der Waals surface area contributed by atoms with Crippen molar-refractivity contribution >= 4 is 15.9 Å². The van der Waals surface area contributed by atoms with Crippen molar-refractivity contribution in [3.63, 3.8) is 0 Å². The Labute approximate surface area is 131 Å². The Morgan fingerprint density at radius 1 is 1.24 bits per heavy atom. The zero-order chi connectivity index (χ0) is 15.4. The Bertz CT molecular complexity index is 634. The Kier molecular flexibility index (Phi) is 5.31. The molecular formula is C16H16BrF2NO. The van der Waals surface area contributed by atoms with Crippen LogP contribution in [0.2, 0.25) is 0 Å². The minimum atomic E-state index is -0.856. The zero-order valence-corrected chi connectivity index (χ0v) is 13.2. The molecule has 1 unspecified atom stereocenters. The third-order valence-corrected chi connectivity index (χ3v) is 3.84. The summed E-state index contributed by atoms with van der Waals surface area (Å²) < 4.78 is 33.1. The molecule has 21 heavy (non-hydrogen) atoms. The monoisotopic (exact) mass is 355 g/mol. The smallest absolute Gasteiger partial charge is 0.162 e. The van der Waals surface area contributed by atoms with E-state index in [1.165, 1.54) is 6.07 Å². The largest absolute Gasteiger partial charge is 0.494 e. The van der Waals surface area contributed by atoms with Crippen LogP contribution in [0.25, 0.3) is 0 Å². The highest BCUT2D eigenvalue weighted by Gasteiger charge is 2.15. The first-order chi connectivity index (χ1) is 10.0. The molecule has 112 valence electrons. The number of nitrogens with two attached hydrogens (primary N) is 1. The molecule has 0 aliphatic heterocycles. The maximum Gasteiger partial charge on any atom is 0.162 e. The van der Waals surface area contributed by atoms with Gasteiger partial charge in [0.2, 0.25) is 0 Å². The second kappa shape index (κ2) is 7.00. The van der Waals surface area contributed by atoms with Gasteiger partial charge in [0.25, 0.3) is 0 Å². The van der Waals surface area contributed by atoms with Gasteiger partial charge in [0.1, 0.15) is 5.75 Å². The van der Waals surface area contributed by atoms with Gasteiger partial charge in [0.05, 0.1) is 6.61 Å². The Morgan fingerprint density at radius 3 is 2.67 bits per heavy atom. The minimum absolute atomic E-state index is 0.218. The van der Waals surface area contributed by atoms with Crippen molar-refractivity contribution in [2.24, 2.45) is 5.73 Å². The molecule has 5 heteroatoms. The predicted octanol–water partition coefficient (Wildman–Crippen LogP) is 4.37. The highest BCUT2D eigenvalue weighted by Crippen LogP contribution is 2.29. The van der Waals surface area contributed by atoms with Crippen LogP contribution in [-0.4, -0.2) is 6.61 Å². The van der Waals surface area contributed by atoms with Crippen molar-refractivity contribution in [3.8, 4) is 5.75 Å². The number of ether oxygens (including phenoxy) is 1. The van der Waals surface area contributed by atoms with E-state index in [-0.39, 0.29) is 12.0 Å². The third kappa shape index (κ3) is 3.80. The molecule has 0 amide bonds. The van der Waals surface area contributed by atoms with Crippen LogP contribution in [-0.2, 0) is 6.42 Å². The van der Waals surface area contributed by atoms with E-state index in [9.17, 15) is 8.78 Å². The average molecular weight is 356 g/mol. The zero-order valence-electron chi connectivity index (χ0n) is 11.6. The first-order valence-electron chi connectivity index (χ1n) is 6.63. The molecule has 2 nitrogen and oxygen atoms in total. The van der Waals surface area contributed by atoms with Crippen molar-refractivity contribution < 1.29 is 13.5 Å². The van der Waals surface area contributed by atoms with Crippen LogP contribution in [0.15, 0.2) is 40.9 Å². The lowest BCUT2D eigenvalue weighted by molar-refractivity contribution is 0.340. The molecular weight excluding hydrogens is 340 g/mol. The molecule has 0 saturated heterocycles. The van der Waals surface area contributed by atoms with Gasteiger partial charge in [-0.2, -0.15) is 0 Å². The van der Waals surface area contributed by atoms with Crippen LogP contribution in [0.1, 0.15) is 24.1 Å². The van der Waals surface area contributed by atoms with Crippen LogP contribution < -0.4 is 10.5 Å². The van der Waals surface area contributed by atoms with E-state index in [4.69, 9.17) is 10.5 Å². The Hall–Kier alpha value is -1.46. The van der Waals surface area contributed by atoms with E-state index >= 15 is 0 Å². The summed E-state index contributed by atoms with van der Waals surface area (Å²) in [4.78, 5) is 0. The van der Waals surface area contributed by atoms with Crippen LogP contribution in [0.5, 0.6) is 5.75 Å². The normalized spacial score (nSPS) is 12.2. The lowest BCUT2D eigenvalue weighted by Gasteiger charge is -2.15. The highest BCUT2D eigenvalue weighted by molar-refractivity contribution is 9.10. The van der Waals surface area contributed by atoms with E-state index in [0.717, 1.165) is 21.9 Å². The van der Waals surface area contributed by atoms with Gasteiger partial charge in [0, 0.05) is 10.5 Å². The molecule has 0 saturated carbocycles. The van der Waals surface area contributed by atoms with Gasteiger partial charge in [-0.25, -0.2) is 8.78 Å².